The Kier molecular flexibility index (Phi) is 9.31. The van der Waals surface area contributed by atoms with Crippen LogP contribution in [0.15, 0.2) is 237 Å². The number of hydrogen-bond donors (Lipinski definition) is 0. The van der Waals surface area contributed by atoms with E-state index in [0.29, 0.717) is 0 Å². The van der Waals surface area contributed by atoms with Crippen LogP contribution in [-0.4, -0.2) is 4.98 Å². The summed E-state index contributed by atoms with van der Waals surface area (Å²) in [6.07, 6.45) is 0. The summed E-state index contributed by atoms with van der Waals surface area (Å²) in [6.45, 7) is 0. The summed E-state index contributed by atoms with van der Waals surface area (Å²) >= 11 is 0. The molecule has 10 rings (SSSR count). The molecule has 1 heteroatoms. The Morgan fingerprint density at radius 1 is 0.207 bits per heavy atom. The van der Waals surface area contributed by atoms with Crippen LogP contribution in [0, 0.1) is 0 Å². The van der Waals surface area contributed by atoms with Gasteiger partial charge in [-0.3, -0.25) is 0 Å². The average molecular weight is 738 g/mol. The normalized spacial score (nSPS) is 11.1. The number of benzene rings is 9. The molecule has 58 heavy (non-hydrogen) atoms. The van der Waals surface area contributed by atoms with Gasteiger partial charge in [-0.1, -0.05) is 182 Å². The number of pyridine rings is 1. The molecule has 1 nitrogen and oxygen atoms in total. The Bertz CT molecular complexity index is 2980. The van der Waals surface area contributed by atoms with Crippen molar-refractivity contribution in [2.24, 2.45) is 0 Å². The van der Waals surface area contributed by atoms with Crippen LogP contribution in [-0.2, 0) is 0 Å². The van der Waals surface area contributed by atoms with Gasteiger partial charge >= 0.3 is 0 Å². The monoisotopic (exact) mass is 737 g/mol. The summed E-state index contributed by atoms with van der Waals surface area (Å²) < 4.78 is 0. The zero-order valence-corrected chi connectivity index (χ0v) is 32.0. The minimum Gasteiger partial charge on any atom is -0.248 e. The number of para-hydroxylation sites is 1. The van der Waals surface area contributed by atoms with Gasteiger partial charge in [-0.15, -0.1) is 0 Å². The van der Waals surface area contributed by atoms with E-state index in [1.807, 2.05) is 0 Å². The van der Waals surface area contributed by atoms with Crippen LogP contribution < -0.4 is 0 Å². The Morgan fingerprint density at radius 2 is 0.517 bits per heavy atom. The van der Waals surface area contributed by atoms with Crippen LogP contribution in [0.5, 0.6) is 0 Å². The van der Waals surface area contributed by atoms with Crippen molar-refractivity contribution < 1.29 is 0 Å². The molecule has 0 unspecified atom stereocenters. The Balaban J connectivity index is 1.02. The van der Waals surface area contributed by atoms with E-state index < -0.39 is 0 Å². The van der Waals surface area contributed by atoms with Gasteiger partial charge in [0, 0.05) is 10.9 Å². The molecule has 0 N–H and O–H groups in total. The molecule has 0 saturated carbocycles. The van der Waals surface area contributed by atoms with Crippen LogP contribution in [0.25, 0.3) is 100 Å². The van der Waals surface area contributed by atoms with Crippen molar-refractivity contribution in [3.05, 3.63) is 237 Å². The summed E-state index contributed by atoms with van der Waals surface area (Å²) in [6, 6.07) is 85.0. The molecular weight excluding hydrogens is 699 g/mol. The lowest BCUT2D eigenvalue weighted by Crippen LogP contribution is -1.92. The molecule has 0 spiro atoms. The fraction of sp³-hybridized carbons (Fsp3) is 0. The summed E-state index contributed by atoms with van der Waals surface area (Å²) in [5.41, 5.74) is 19.6. The number of fused-ring (bicyclic) bond motifs is 1. The second-order valence-corrected chi connectivity index (χ2v) is 14.8. The van der Waals surface area contributed by atoms with Gasteiger partial charge in [0.1, 0.15) is 0 Å². The van der Waals surface area contributed by atoms with Crippen LogP contribution in [0.1, 0.15) is 0 Å². The van der Waals surface area contributed by atoms with Crippen molar-refractivity contribution in [3.8, 4) is 89.1 Å². The van der Waals surface area contributed by atoms with Crippen molar-refractivity contribution in [2.45, 2.75) is 0 Å². The Morgan fingerprint density at radius 3 is 0.983 bits per heavy atom. The second kappa shape index (κ2) is 15.5. The number of rotatable bonds is 8. The molecule has 10 aromatic rings. The maximum absolute atomic E-state index is 5.26. The van der Waals surface area contributed by atoms with E-state index >= 15 is 0 Å². The van der Waals surface area contributed by atoms with E-state index in [4.69, 9.17) is 4.98 Å². The maximum atomic E-state index is 5.26. The summed E-state index contributed by atoms with van der Waals surface area (Å²) in [5.74, 6) is 0. The lowest BCUT2D eigenvalue weighted by molar-refractivity contribution is 1.40. The lowest BCUT2D eigenvalue weighted by Gasteiger charge is -2.15. The highest BCUT2D eigenvalue weighted by Crippen LogP contribution is 2.39. The van der Waals surface area contributed by atoms with E-state index in [-0.39, 0.29) is 0 Å². The van der Waals surface area contributed by atoms with Crippen molar-refractivity contribution in [1.29, 1.82) is 0 Å². The first kappa shape index (κ1) is 34.8. The van der Waals surface area contributed by atoms with Gasteiger partial charge in [-0.2, -0.15) is 0 Å². The van der Waals surface area contributed by atoms with Gasteiger partial charge in [-0.05, 0) is 132 Å². The molecule has 0 saturated heterocycles. The third-order valence-electron chi connectivity index (χ3n) is 11.0. The first-order valence-corrected chi connectivity index (χ1v) is 19.9. The van der Waals surface area contributed by atoms with Gasteiger partial charge in [-0.25, -0.2) is 4.98 Å². The summed E-state index contributed by atoms with van der Waals surface area (Å²) in [7, 11) is 0. The molecular formula is C57H39N. The highest BCUT2D eigenvalue weighted by atomic mass is 14.7. The van der Waals surface area contributed by atoms with Crippen LogP contribution in [0.4, 0.5) is 0 Å². The Hall–Kier alpha value is -7.61. The molecule has 0 aliphatic heterocycles. The standard InChI is InChI=1S/C57H39N/c1-4-16-40(17-5-1)43-22-12-23-44(32-43)45-24-13-25-46(33-45)47-26-14-27-48(34-47)49-28-15-29-50(35-49)57-39-55(54-30-10-11-31-56(54)58-57)53-37-51(41-18-6-2-7-19-41)36-52(38-53)42-20-8-3-9-21-42/h1-39H. The molecule has 0 fully saturated rings. The third kappa shape index (κ3) is 7.14. The minimum absolute atomic E-state index is 0.948. The van der Waals surface area contributed by atoms with Gasteiger partial charge < -0.3 is 0 Å². The maximum Gasteiger partial charge on any atom is 0.0716 e. The predicted octanol–water partition coefficient (Wildman–Crippen LogP) is 15.6. The summed E-state index contributed by atoms with van der Waals surface area (Å²) in [5, 5.41) is 1.13. The van der Waals surface area contributed by atoms with Crippen molar-refractivity contribution in [1.82, 2.24) is 4.98 Å². The van der Waals surface area contributed by atoms with Crippen LogP contribution in [0.2, 0.25) is 0 Å². The largest absolute Gasteiger partial charge is 0.248 e. The van der Waals surface area contributed by atoms with Gasteiger partial charge in [0.2, 0.25) is 0 Å². The van der Waals surface area contributed by atoms with E-state index in [0.717, 1.165) is 38.9 Å². The first-order valence-electron chi connectivity index (χ1n) is 19.9. The fourth-order valence-corrected chi connectivity index (χ4v) is 8.06. The molecule has 0 radical (unpaired) electrons. The molecule has 0 aliphatic rings. The van der Waals surface area contributed by atoms with Gasteiger partial charge in [0.05, 0.1) is 11.2 Å². The second-order valence-electron chi connectivity index (χ2n) is 14.8. The lowest BCUT2D eigenvalue weighted by atomic mass is 9.91. The highest BCUT2D eigenvalue weighted by Gasteiger charge is 2.14. The molecule has 1 aromatic heterocycles. The zero-order chi connectivity index (χ0) is 38.7. The molecule has 0 bridgehead atoms. The fourth-order valence-electron chi connectivity index (χ4n) is 8.06. The Labute approximate surface area is 340 Å². The van der Waals surface area contributed by atoms with Crippen molar-refractivity contribution >= 4 is 10.9 Å². The molecule has 272 valence electrons. The van der Waals surface area contributed by atoms with Gasteiger partial charge in [0.15, 0.2) is 0 Å². The third-order valence-corrected chi connectivity index (χ3v) is 11.0. The van der Waals surface area contributed by atoms with E-state index in [2.05, 4.69) is 237 Å². The number of nitrogens with zero attached hydrogens (tertiary/aromatic N) is 1. The highest BCUT2D eigenvalue weighted by molar-refractivity contribution is 5.98. The molecule has 1 heterocycles. The van der Waals surface area contributed by atoms with E-state index in [1.54, 1.807) is 0 Å². The average Bonchev–Trinajstić information content (AvgIpc) is 3.32. The number of aromatic nitrogens is 1. The van der Waals surface area contributed by atoms with E-state index in [1.165, 1.54) is 61.2 Å². The van der Waals surface area contributed by atoms with Gasteiger partial charge in [0.25, 0.3) is 0 Å². The summed E-state index contributed by atoms with van der Waals surface area (Å²) in [4.78, 5) is 5.26. The SMILES string of the molecule is c1ccc(-c2cccc(-c3cccc(-c4cccc(-c5cccc(-c6cc(-c7cc(-c8ccccc8)cc(-c8ccccc8)c7)c7ccccc7n6)c5)c4)c3)c2)cc1. The van der Waals surface area contributed by atoms with Crippen molar-refractivity contribution in [2.75, 3.05) is 0 Å². The smallest absolute Gasteiger partial charge is 0.0716 e. The minimum atomic E-state index is 0.948. The number of hydrogen-bond acceptors (Lipinski definition) is 1. The van der Waals surface area contributed by atoms with Crippen LogP contribution in [0.3, 0.4) is 0 Å². The van der Waals surface area contributed by atoms with Crippen LogP contribution >= 0.6 is 0 Å². The van der Waals surface area contributed by atoms with Crippen molar-refractivity contribution in [3.63, 3.8) is 0 Å². The molecule has 0 amide bonds. The first-order chi connectivity index (χ1) is 28.7. The predicted molar refractivity (Wildman–Crippen MR) is 245 cm³/mol. The quantitative estimate of drug-likeness (QED) is 0.151. The molecule has 0 atom stereocenters. The topological polar surface area (TPSA) is 12.9 Å². The van der Waals surface area contributed by atoms with E-state index in [9.17, 15) is 0 Å². The zero-order valence-electron chi connectivity index (χ0n) is 32.0. The molecule has 0 aliphatic carbocycles. The molecule has 9 aromatic carbocycles.